The van der Waals surface area contributed by atoms with Gasteiger partial charge in [-0.1, -0.05) is 22.0 Å². The van der Waals surface area contributed by atoms with Crippen LogP contribution in [0.3, 0.4) is 0 Å². The summed E-state index contributed by atoms with van der Waals surface area (Å²) in [6, 6.07) is 8.29. The van der Waals surface area contributed by atoms with Crippen molar-refractivity contribution in [1.29, 1.82) is 0 Å². The average Bonchev–Trinajstić information content (AvgIpc) is 2.78. The van der Waals surface area contributed by atoms with E-state index in [9.17, 15) is 4.79 Å². The molecule has 0 saturated carbocycles. The van der Waals surface area contributed by atoms with Gasteiger partial charge in [-0.05, 0) is 37.5 Å². The molecule has 0 bridgehead atoms. The predicted octanol–water partition coefficient (Wildman–Crippen LogP) is 3.23. The van der Waals surface area contributed by atoms with Gasteiger partial charge in [-0.2, -0.15) is 0 Å². The summed E-state index contributed by atoms with van der Waals surface area (Å²) in [4.78, 5) is 13.8. The summed E-state index contributed by atoms with van der Waals surface area (Å²) in [6.07, 6.45) is 1.60. The van der Waals surface area contributed by atoms with Gasteiger partial charge in [0.25, 0.3) is 0 Å². The van der Waals surface area contributed by atoms with Crippen LogP contribution in [0.4, 0.5) is 5.69 Å². The highest BCUT2D eigenvalue weighted by Crippen LogP contribution is 2.27. The molecule has 0 radical (unpaired) electrons. The molecule has 0 N–H and O–H groups in total. The largest absolute Gasteiger partial charge is 0.466 e. The average molecular weight is 312 g/mol. The molecular weight excluding hydrogens is 294 g/mol. The molecule has 3 nitrogen and oxygen atoms in total. The number of halogens is 1. The van der Waals surface area contributed by atoms with Crippen LogP contribution in [0.1, 0.15) is 19.8 Å². The maximum atomic E-state index is 11.4. The van der Waals surface area contributed by atoms with Crippen molar-refractivity contribution >= 4 is 27.6 Å². The molecule has 1 fully saturated rings. The van der Waals surface area contributed by atoms with E-state index in [1.54, 1.807) is 0 Å². The second-order valence-electron chi connectivity index (χ2n) is 4.59. The minimum Gasteiger partial charge on any atom is -0.466 e. The van der Waals surface area contributed by atoms with Crippen LogP contribution in [-0.2, 0) is 9.53 Å². The Morgan fingerprint density at radius 2 is 2.39 bits per heavy atom. The molecule has 1 unspecified atom stereocenters. The van der Waals surface area contributed by atoms with Crippen molar-refractivity contribution in [2.75, 3.05) is 24.6 Å². The van der Waals surface area contributed by atoms with Crippen molar-refractivity contribution in [2.45, 2.75) is 19.8 Å². The van der Waals surface area contributed by atoms with E-state index >= 15 is 0 Å². The third-order valence-corrected chi connectivity index (χ3v) is 3.71. The van der Waals surface area contributed by atoms with Gasteiger partial charge in [-0.3, -0.25) is 4.79 Å². The van der Waals surface area contributed by atoms with Crippen molar-refractivity contribution in [3.8, 4) is 0 Å². The summed E-state index contributed by atoms with van der Waals surface area (Å²) < 4.78 is 6.09. The molecule has 1 aromatic rings. The number of hydrogen-bond donors (Lipinski definition) is 0. The van der Waals surface area contributed by atoms with Gasteiger partial charge in [0, 0.05) is 23.2 Å². The van der Waals surface area contributed by atoms with Gasteiger partial charge in [0.2, 0.25) is 0 Å². The molecule has 1 aromatic carbocycles. The highest BCUT2D eigenvalue weighted by molar-refractivity contribution is 9.10. The molecule has 4 heteroatoms. The molecule has 0 spiro atoms. The Kier molecular flexibility index (Phi) is 4.64. The number of rotatable bonds is 4. The molecule has 1 saturated heterocycles. The number of carbonyl (C=O) groups excluding carboxylic acids is 1. The third-order valence-electron chi connectivity index (χ3n) is 3.22. The topological polar surface area (TPSA) is 29.5 Å². The lowest BCUT2D eigenvalue weighted by Gasteiger charge is -2.18. The second-order valence-corrected chi connectivity index (χ2v) is 5.51. The van der Waals surface area contributed by atoms with Gasteiger partial charge in [0.1, 0.15) is 0 Å². The molecule has 1 aliphatic heterocycles. The number of hydrogen-bond acceptors (Lipinski definition) is 3. The van der Waals surface area contributed by atoms with E-state index in [1.807, 2.05) is 19.1 Å². The molecule has 0 amide bonds. The fraction of sp³-hybridized carbons (Fsp3) is 0.500. The van der Waals surface area contributed by atoms with Gasteiger partial charge in [0.15, 0.2) is 0 Å². The van der Waals surface area contributed by atoms with E-state index in [1.165, 1.54) is 5.69 Å². The first-order valence-electron chi connectivity index (χ1n) is 6.35. The molecule has 0 aromatic heterocycles. The van der Waals surface area contributed by atoms with Crippen LogP contribution in [0.25, 0.3) is 0 Å². The lowest BCUT2D eigenvalue weighted by atomic mass is 10.1. The number of ether oxygens (including phenoxy) is 1. The quantitative estimate of drug-likeness (QED) is 0.800. The first-order valence-corrected chi connectivity index (χ1v) is 7.14. The maximum absolute atomic E-state index is 11.4. The van der Waals surface area contributed by atoms with Crippen molar-refractivity contribution in [3.05, 3.63) is 28.7 Å². The molecule has 98 valence electrons. The zero-order valence-electron chi connectivity index (χ0n) is 10.6. The molecule has 1 heterocycles. The van der Waals surface area contributed by atoms with Gasteiger partial charge in [-0.15, -0.1) is 0 Å². The number of carbonyl (C=O) groups is 1. The highest BCUT2D eigenvalue weighted by Gasteiger charge is 2.25. The lowest BCUT2D eigenvalue weighted by Crippen LogP contribution is -2.20. The number of esters is 1. The van der Waals surface area contributed by atoms with E-state index in [0.29, 0.717) is 18.9 Å². The van der Waals surface area contributed by atoms with E-state index in [2.05, 4.69) is 33.0 Å². The SMILES string of the molecule is CCOC(=O)CC1CCN(c2cccc(Br)c2)C1. The van der Waals surface area contributed by atoms with Crippen molar-refractivity contribution in [1.82, 2.24) is 0 Å². The van der Waals surface area contributed by atoms with E-state index in [4.69, 9.17) is 4.74 Å². The molecule has 1 aliphatic rings. The molecular formula is C14H18BrNO2. The minimum absolute atomic E-state index is 0.0707. The van der Waals surface area contributed by atoms with E-state index in [-0.39, 0.29) is 5.97 Å². The lowest BCUT2D eigenvalue weighted by molar-refractivity contribution is -0.144. The normalized spacial score (nSPS) is 19.0. The van der Waals surface area contributed by atoms with Gasteiger partial charge < -0.3 is 9.64 Å². The van der Waals surface area contributed by atoms with Crippen molar-refractivity contribution in [3.63, 3.8) is 0 Å². The Balaban J connectivity index is 1.90. The summed E-state index contributed by atoms with van der Waals surface area (Å²) in [6.45, 7) is 4.27. The minimum atomic E-state index is -0.0707. The van der Waals surface area contributed by atoms with Crippen molar-refractivity contribution in [2.24, 2.45) is 5.92 Å². The molecule has 1 atom stereocenters. The standard InChI is InChI=1S/C14H18BrNO2/c1-2-18-14(17)8-11-6-7-16(10-11)13-5-3-4-12(15)9-13/h3-5,9,11H,2,6-8,10H2,1H3. The Morgan fingerprint density at radius 1 is 1.56 bits per heavy atom. The summed E-state index contributed by atoms with van der Waals surface area (Å²) in [7, 11) is 0. The first-order chi connectivity index (χ1) is 8.69. The maximum Gasteiger partial charge on any atom is 0.306 e. The van der Waals surface area contributed by atoms with Crippen LogP contribution in [-0.4, -0.2) is 25.7 Å². The predicted molar refractivity (Wildman–Crippen MR) is 75.7 cm³/mol. The smallest absolute Gasteiger partial charge is 0.306 e. The van der Waals surface area contributed by atoms with Gasteiger partial charge >= 0.3 is 5.97 Å². The molecule has 0 aliphatic carbocycles. The van der Waals surface area contributed by atoms with Crippen LogP contribution >= 0.6 is 15.9 Å². The molecule has 18 heavy (non-hydrogen) atoms. The van der Waals surface area contributed by atoms with Crippen molar-refractivity contribution < 1.29 is 9.53 Å². The van der Waals surface area contributed by atoms with Gasteiger partial charge in [0.05, 0.1) is 13.0 Å². The Bertz CT molecular complexity index is 422. The third kappa shape index (κ3) is 3.48. The summed E-state index contributed by atoms with van der Waals surface area (Å²) in [5.74, 6) is 0.349. The van der Waals surface area contributed by atoms with E-state index in [0.717, 1.165) is 24.0 Å². The van der Waals surface area contributed by atoms with Gasteiger partial charge in [-0.25, -0.2) is 0 Å². The number of benzene rings is 1. The summed E-state index contributed by atoms with van der Waals surface area (Å²) in [5.41, 5.74) is 1.22. The molecule has 2 rings (SSSR count). The Morgan fingerprint density at radius 3 is 3.11 bits per heavy atom. The van der Waals surface area contributed by atoms with Crippen LogP contribution in [0, 0.1) is 5.92 Å². The monoisotopic (exact) mass is 311 g/mol. The van der Waals surface area contributed by atoms with Crippen LogP contribution in [0.2, 0.25) is 0 Å². The number of anilines is 1. The van der Waals surface area contributed by atoms with Crippen LogP contribution in [0.5, 0.6) is 0 Å². The van der Waals surface area contributed by atoms with Crippen LogP contribution < -0.4 is 4.90 Å². The zero-order valence-corrected chi connectivity index (χ0v) is 12.1. The zero-order chi connectivity index (χ0) is 13.0. The fourth-order valence-electron chi connectivity index (χ4n) is 2.36. The Labute approximate surface area is 116 Å². The first kappa shape index (κ1) is 13.4. The Hall–Kier alpha value is -1.03. The highest BCUT2D eigenvalue weighted by atomic mass is 79.9. The number of nitrogens with zero attached hydrogens (tertiary/aromatic N) is 1. The fourth-order valence-corrected chi connectivity index (χ4v) is 2.75. The summed E-state index contributed by atoms with van der Waals surface area (Å²) >= 11 is 3.48. The van der Waals surface area contributed by atoms with Crippen LogP contribution in [0.15, 0.2) is 28.7 Å². The summed E-state index contributed by atoms with van der Waals surface area (Å²) in [5, 5.41) is 0. The van der Waals surface area contributed by atoms with E-state index < -0.39 is 0 Å². The second kappa shape index (κ2) is 6.23.